The molecule has 1 heterocycles. The zero-order valence-electron chi connectivity index (χ0n) is 10.0. The standard InChI is InChI=1S/C12H16ClN3S/c1-3-16(2)8-7-14-12-15-10-6-4-5-9(13)11(10)17-12/h4-6H,3,7-8H2,1-2H3,(H,14,15). The Balaban J connectivity index is 2.02. The largest absolute Gasteiger partial charge is 0.360 e. The van der Waals surface area contributed by atoms with Gasteiger partial charge in [-0.25, -0.2) is 4.98 Å². The van der Waals surface area contributed by atoms with Crippen LogP contribution in [0.25, 0.3) is 10.2 Å². The lowest BCUT2D eigenvalue weighted by Crippen LogP contribution is -2.24. The maximum Gasteiger partial charge on any atom is 0.183 e. The number of rotatable bonds is 5. The zero-order valence-corrected chi connectivity index (χ0v) is 11.6. The minimum atomic E-state index is 0.777. The van der Waals surface area contributed by atoms with Crippen LogP contribution in [0, 0.1) is 0 Å². The van der Waals surface area contributed by atoms with Gasteiger partial charge in [0.1, 0.15) is 0 Å². The second kappa shape index (κ2) is 5.67. The van der Waals surface area contributed by atoms with E-state index in [4.69, 9.17) is 11.6 Å². The molecule has 1 aromatic heterocycles. The van der Waals surface area contributed by atoms with E-state index in [1.54, 1.807) is 11.3 Å². The van der Waals surface area contributed by atoms with E-state index in [0.717, 1.165) is 40.0 Å². The van der Waals surface area contributed by atoms with Crippen LogP contribution in [0.15, 0.2) is 18.2 Å². The minimum Gasteiger partial charge on any atom is -0.360 e. The number of nitrogens with zero attached hydrogens (tertiary/aromatic N) is 2. The molecular formula is C12H16ClN3S. The fourth-order valence-corrected chi connectivity index (χ4v) is 2.68. The molecule has 0 bridgehead atoms. The van der Waals surface area contributed by atoms with Gasteiger partial charge >= 0.3 is 0 Å². The lowest BCUT2D eigenvalue weighted by Gasteiger charge is -2.13. The Hall–Kier alpha value is -0.840. The van der Waals surface area contributed by atoms with Gasteiger partial charge < -0.3 is 10.2 Å². The van der Waals surface area contributed by atoms with Crippen molar-refractivity contribution in [1.82, 2.24) is 9.88 Å². The Morgan fingerprint density at radius 2 is 2.29 bits per heavy atom. The summed E-state index contributed by atoms with van der Waals surface area (Å²) in [6.45, 7) is 5.13. The van der Waals surface area contributed by atoms with Crippen molar-refractivity contribution >= 4 is 38.3 Å². The number of hydrogen-bond acceptors (Lipinski definition) is 4. The highest BCUT2D eigenvalue weighted by Gasteiger charge is 2.06. The molecule has 0 saturated heterocycles. The molecule has 92 valence electrons. The van der Waals surface area contributed by atoms with Crippen molar-refractivity contribution < 1.29 is 0 Å². The third-order valence-corrected chi connectivity index (χ3v) is 4.17. The summed E-state index contributed by atoms with van der Waals surface area (Å²) >= 11 is 7.72. The Kier molecular flexibility index (Phi) is 4.20. The second-order valence-electron chi connectivity index (χ2n) is 3.93. The van der Waals surface area contributed by atoms with Gasteiger partial charge in [0.2, 0.25) is 0 Å². The van der Waals surface area contributed by atoms with Crippen LogP contribution in [-0.4, -0.2) is 36.6 Å². The first-order chi connectivity index (χ1) is 8.20. The molecular weight excluding hydrogens is 254 g/mol. The lowest BCUT2D eigenvalue weighted by molar-refractivity contribution is 0.367. The summed E-state index contributed by atoms with van der Waals surface area (Å²) in [5.41, 5.74) is 0.967. The van der Waals surface area contributed by atoms with Gasteiger partial charge in [-0.1, -0.05) is 35.9 Å². The average Bonchev–Trinajstić information content (AvgIpc) is 2.73. The average molecular weight is 270 g/mol. The lowest BCUT2D eigenvalue weighted by atomic mass is 10.3. The van der Waals surface area contributed by atoms with Crippen molar-refractivity contribution in [2.24, 2.45) is 0 Å². The number of thiazole rings is 1. The van der Waals surface area contributed by atoms with Gasteiger partial charge in [0, 0.05) is 13.1 Å². The number of nitrogens with one attached hydrogen (secondary N) is 1. The van der Waals surface area contributed by atoms with E-state index in [1.807, 2.05) is 18.2 Å². The quantitative estimate of drug-likeness (QED) is 0.903. The highest BCUT2D eigenvalue weighted by molar-refractivity contribution is 7.22. The van der Waals surface area contributed by atoms with E-state index >= 15 is 0 Å². The van der Waals surface area contributed by atoms with E-state index < -0.39 is 0 Å². The summed E-state index contributed by atoms with van der Waals surface area (Å²) in [5.74, 6) is 0. The fraction of sp³-hybridized carbons (Fsp3) is 0.417. The van der Waals surface area contributed by atoms with Gasteiger partial charge in [-0.2, -0.15) is 0 Å². The van der Waals surface area contributed by atoms with E-state index in [1.165, 1.54) is 0 Å². The molecule has 0 unspecified atom stereocenters. The van der Waals surface area contributed by atoms with Crippen molar-refractivity contribution in [3.8, 4) is 0 Å². The summed E-state index contributed by atoms with van der Waals surface area (Å²) < 4.78 is 1.06. The molecule has 3 nitrogen and oxygen atoms in total. The summed E-state index contributed by atoms with van der Waals surface area (Å²) in [7, 11) is 2.11. The van der Waals surface area contributed by atoms with Crippen molar-refractivity contribution in [3.63, 3.8) is 0 Å². The minimum absolute atomic E-state index is 0.777. The first-order valence-corrected chi connectivity index (χ1v) is 6.87. The third kappa shape index (κ3) is 3.09. The molecule has 5 heteroatoms. The maximum atomic E-state index is 6.11. The number of benzene rings is 1. The molecule has 0 spiro atoms. The van der Waals surface area contributed by atoms with Crippen LogP contribution >= 0.6 is 22.9 Å². The number of hydrogen-bond donors (Lipinski definition) is 1. The van der Waals surface area contributed by atoms with Gasteiger partial charge in [0.05, 0.1) is 15.2 Å². The number of likely N-dealkylation sites (N-methyl/N-ethyl adjacent to an activating group) is 1. The molecule has 0 aliphatic carbocycles. The molecule has 0 radical (unpaired) electrons. The van der Waals surface area contributed by atoms with Gasteiger partial charge in [-0.3, -0.25) is 0 Å². The van der Waals surface area contributed by atoms with Crippen LogP contribution in [-0.2, 0) is 0 Å². The van der Waals surface area contributed by atoms with Gasteiger partial charge in [0.15, 0.2) is 5.13 Å². The molecule has 2 aromatic rings. The van der Waals surface area contributed by atoms with Crippen LogP contribution in [0.5, 0.6) is 0 Å². The molecule has 0 amide bonds. The Morgan fingerprint density at radius 3 is 3.00 bits per heavy atom. The SMILES string of the molecule is CCN(C)CCNc1nc2cccc(Cl)c2s1. The molecule has 0 fully saturated rings. The Labute approximate surface area is 110 Å². The molecule has 17 heavy (non-hydrogen) atoms. The summed E-state index contributed by atoms with van der Waals surface area (Å²) in [5, 5.41) is 5.05. The zero-order chi connectivity index (χ0) is 12.3. The van der Waals surface area contributed by atoms with E-state index in [0.29, 0.717) is 0 Å². The van der Waals surface area contributed by atoms with Gasteiger partial charge in [-0.15, -0.1) is 0 Å². The monoisotopic (exact) mass is 269 g/mol. The van der Waals surface area contributed by atoms with Crippen molar-refractivity contribution in [2.75, 3.05) is 32.0 Å². The van der Waals surface area contributed by atoms with Gasteiger partial charge in [0.25, 0.3) is 0 Å². The molecule has 0 aliphatic heterocycles. The van der Waals surface area contributed by atoms with Gasteiger partial charge in [-0.05, 0) is 25.7 Å². The maximum absolute atomic E-state index is 6.11. The first kappa shape index (κ1) is 12.6. The van der Waals surface area contributed by atoms with E-state index in [2.05, 4.69) is 29.2 Å². The molecule has 0 atom stereocenters. The third-order valence-electron chi connectivity index (χ3n) is 2.68. The van der Waals surface area contributed by atoms with E-state index in [-0.39, 0.29) is 0 Å². The van der Waals surface area contributed by atoms with Crippen LogP contribution in [0.3, 0.4) is 0 Å². The number of halogens is 1. The summed E-state index contributed by atoms with van der Waals surface area (Å²) in [4.78, 5) is 6.76. The van der Waals surface area contributed by atoms with Crippen molar-refractivity contribution in [1.29, 1.82) is 0 Å². The van der Waals surface area contributed by atoms with Crippen molar-refractivity contribution in [2.45, 2.75) is 6.92 Å². The van der Waals surface area contributed by atoms with E-state index in [9.17, 15) is 0 Å². The Morgan fingerprint density at radius 1 is 1.47 bits per heavy atom. The summed E-state index contributed by atoms with van der Waals surface area (Å²) in [6.07, 6.45) is 0. The predicted octanol–water partition coefficient (Wildman–Crippen LogP) is 3.31. The number of anilines is 1. The normalized spacial score (nSPS) is 11.3. The molecule has 1 aromatic carbocycles. The van der Waals surface area contributed by atoms with Crippen LogP contribution < -0.4 is 5.32 Å². The molecule has 1 N–H and O–H groups in total. The van der Waals surface area contributed by atoms with Crippen molar-refractivity contribution in [3.05, 3.63) is 23.2 Å². The highest BCUT2D eigenvalue weighted by Crippen LogP contribution is 2.31. The topological polar surface area (TPSA) is 28.2 Å². The highest BCUT2D eigenvalue weighted by atomic mass is 35.5. The first-order valence-electron chi connectivity index (χ1n) is 5.68. The second-order valence-corrected chi connectivity index (χ2v) is 5.34. The number of fused-ring (bicyclic) bond motifs is 1. The molecule has 2 rings (SSSR count). The molecule has 0 aliphatic rings. The predicted molar refractivity (Wildman–Crippen MR) is 76.3 cm³/mol. The van der Waals surface area contributed by atoms with Crippen LogP contribution in [0.1, 0.15) is 6.92 Å². The Bertz CT molecular complexity index is 497. The molecule has 0 saturated carbocycles. The number of aromatic nitrogens is 1. The smallest absolute Gasteiger partial charge is 0.183 e. The summed E-state index contributed by atoms with van der Waals surface area (Å²) in [6, 6.07) is 5.82. The van der Waals surface area contributed by atoms with Crippen LogP contribution in [0.4, 0.5) is 5.13 Å². The fourth-order valence-electron chi connectivity index (χ4n) is 1.50. The van der Waals surface area contributed by atoms with Crippen LogP contribution in [0.2, 0.25) is 5.02 Å².